The SMILES string of the molecule is Cc1cccc(NC(=O)N[C@@H]2CCCN(c3cnc(C(N)=O)c(Nc4ccc(C5CCN(C6CCCC6)CC5)cc4)n3)C2)c1.Cl. The lowest BCUT2D eigenvalue weighted by atomic mass is 9.88. The third kappa shape index (κ3) is 8.23. The minimum absolute atomic E-state index is 0. The maximum absolute atomic E-state index is 12.7. The molecular weight excluding hydrogens is 588 g/mol. The first-order chi connectivity index (χ1) is 21.4. The Kier molecular flexibility index (Phi) is 10.8. The molecule has 1 saturated carbocycles. The number of rotatable bonds is 8. The fourth-order valence-corrected chi connectivity index (χ4v) is 7.02. The number of carbonyl (C=O) groups excluding carboxylic acids is 2. The van der Waals surface area contributed by atoms with Gasteiger partial charge in [-0.3, -0.25) is 4.79 Å². The summed E-state index contributed by atoms with van der Waals surface area (Å²) >= 11 is 0. The van der Waals surface area contributed by atoms with Crippen LogP contribution in [0, 0.1) is 6.92 Å². The van der Waals surface area contributed by atoms with Crippen LogP contribution in [0.4, 0.5) is 27.8 Å². The lowest BCUT2D eigenvalue weighted by Crippen LogP contribution is -2.49. The van der Waals surface area contributed by atoms with E-state index in [2.05, 4.69) is 42.9 Å². The van der Waals surface area contributed by atoms with Crippen LogP contribution >= 0.6 is 12.4 Å². The van der Waals surface area contributed by atoms with Crippen LogP contribution in [-0.4, -0.2) is 65.1 Å². The number of aromatic nitrogens is 2. The van der Waals surface area contributed by atoms with Gasteiger partial charge >= 0.3 is 6.03 Å². The van der Waals surface area contributed by atoms with Crippen molar-refractivity contribution in [1.82, 2.24) is 20.2 Å². The predicted octanol–water partition coefficient (Wildman–Crippen LogP) is 5.96. The van der Waals surface area contributed by atoms with Gasteiger partial charge in [0.05, 0.1) is 6.20 Å². The number of carbonyl (C=O) groups is 2. The molecule has 0 radical (unpaired) electrons. The molecule has 3 aliphatic rings. The molecule has 240 valence electrons. The molecule has 5 N–H and O–H groups in total. The minimum atomic E-state index is -0.636. The van der Waals surface area contributed by atoms with Crippen LogP contribution in [0.25, 0.3) is 0 Å². The highest BCUT2D eigenvalue weighted by Crippen LogP contribution is 2.33. The second-order valence-electron chi connectivity index (χ2n) is 12.5. The molecule has 3 amide bonds. The first kappa shape index (κ1) is 32.5. The Hall–Kier alpha value is -3.89. The number of amides is 3. The number of nitrogens with zero attached hydrogens (tertiary/aromatic N) is 4. The quantitative estimate of drug-likeness (QED) is 0.241. The second kappa shape index (κ2) is 14.9. The fraction of sp³-hybridized carbons (Fsp3) is 0.471. The van der Waals surface area contributed by atoms with Gasteiger partial charge in [-0.25, -0.2) is 14.8 Å². The Morgan fingerprint density at radius 3 is 2.38 bits per heavy atom. The number of hydrogen-bond acceptors (Lipinski definition) is 7. The molecule has 3 heterocycles. The number of nitrogens with one attached hydrogen (secondary N) is 3. The molecule has 2 saturated heterocycles. The van der Waals surface area contributed by atoms with Gasteiger partial charge in [0.2, 0.25) is 0 Å². The largest absolute Gasteiger partial charge is 0.364 e. The average Bonchev–Trinajstić information content (AvgIpc) is 3.57. The first-order valence-electron chi connectivity index (χ1n) is 16.1. The standard InChI is InChI=1S/C34H44N8O2.ClH/c1-23-6-4-7-27(20-23)38-34(44)39-28-8-5-17-42(22-28)30-21-36-31(32(35)43)33(40-30)37-26-13-11-24(12-14-26)25-15-18-41(19-16-25)29-9-2-3-10-29;/h4,6-7,11-14,20-21,25,28-29H,2-3,5,8-10,15-19,22H2,1H3,(H2,35,43)(H,37,40)(H2,38,39,44);1H/t28-;/m1./s1. The number of anilines is 4. The average molecular weight is 633 g/mol. The number of primary amides is 1. The van der Waals surface area contributed by atoms with Gasteiger partial charge in [-0.2, -0.15) is 0 Å². The predicted molar refractivity (Wildman–Crippen MR) is 182 cm³/mol. The summed E-state index contributed by atoms with van der Waals surface area (Å²) in [5, 5.41) is 9.30. The van der Waals surface area contributed by atoms with Gasteiger partial charge in [0.25, 0.3) is 5.91 Å². The van der Waals surface area contributed by atoms with Crippen molar-refractivity contribution in [1.29, 1.82) is 0 Å². The van der Waals surface area contributed by atoms with E-state index in [1.807, 2.05) is 43.3 Å². The second-order valence-corrected chi connectivity index (χ2v) is 12.5. The van der Waals surface area contributed by atoms with Crippen molar-refractivity contribution in [3.8, 4) is 0 Å². The van der Waals surface area contributed by atoms with Gasteiger partial charge in [-0.1, -0.05) is 37.1 Å². The zero-order chi connectivity index (χ0) is 30.5. The molecule has 2 aliphatic heterocycles. The Labute approximate surface area is 272 Å². The molecule has 45 heavy (non-hydrogen) atoms. The van der Waals surface area contributed by atoms with E-state index in [9.17, 15) is 9.59 Å². The molecule has 11 heteroatoms. The summed E-state index contributed by atoms with van der Waals surface area (Å²) in [6.07, 6.45) is 11.2. The third-order valence-electron chi connectivity index (χ3n) is 9.37. The molecule has 1 atom stereocenters. The maximum Gasteiger partial charge on any atom is 0.319 e. The number of nitrogens with two attached hydrogens (primary N) is 1. The molecule has 10 nitrogen and oxygen atoms in total. The number of aryl methyl sites for hydroxylation is 1. The molecule has 0 unspecified atom stereocenters. The van der Waals surface area contributed by atoms with Crippen LogP contribution < -0.4 is 26.6 Å². The van der Waals surface area contributed by atoms with Crippen molar-refractivity contribution >= 4 is 47.4 Å². The van der Waals surface area contributed by atoms with Gasteiger partial charge in [-0.05, 0) is 99.8 Å². The molecule has 3 aromatic rings. The third-order valence-corrected chi connectivity index (χ3v) is 9.37. The Bertz CT molecular complexity index is 1450. The highest BCUT2D eigenvalue weighted by atomic mass is 35.5. The number of likely N-dealkylation sites (tertiary alicyclic amines) is 1. The summed E-state index contributed by atoms with van der Waals surface area (Å²) in [4.78, 5) is 38.9. The van der Waals surface area contributed by atoms with E-state index in [0.717, 1.165) is 42.4 Å². The zero-order valence-corrected chi connectivity index (χ0v) is 26.8. The van der Waals surface area contributed by atoms with Crippen LogP contribution in [0.15, 0.2) is 54.7 Å². The van der Waals surface area contributed by atoms with Gasteiger partial charge in [-0.15, -0.1) is 12.4 Å². The summed E-state index contributed by atoms with van der Waals surface area (Å²) < 4.78 is 0. The number of hydrogen-bond donors (Lipinski definition) is 4. The first-order valence-corrected chi connectivity index (χ1v) is 16.1. The van der Waals surface area contributed by atoms with Gasteiger partial charge in [0.1, 0.15) is 5.82 Å². The lowest BCUT2D eigenvalue weighted by molar-refractivity contribution is 0.0996. The van der Waals surface area contributed by atoms with E-state index in [0.29, 0.717) is 24.1 Å². The molecule has 1 aliphatic carbocycles. The number of benzene rings is 2. The monoisotopic (exact) mass is 632 g/mol. The van der Waals surface area contributed by atoms with Gasteiger partial charge in [0, 0.05) is 36.5 Å². The van der Waals surface area contributed by atoms with Gasteiger partial charge in [0.15, 0.2) is 11.5 Å². The minimum Gasteiger partial charge on any atom is -0.364 e. The molecular formula is C34H45ClN8O2. The number of urea groups is 1. The van der Waals surface area contributed by atoms with Crippen LogP contribution in [0.5, 0.6) is 0 Å². The van der Waals surface area contributed by atoms with Gasteiger partial charge < -0.3 is 31.5 Å². The van der Waals surface area contributed by atoms with Crippen LogP contribution in [-0.2, 0) is 0 Å². The summed E-state index contributed by atoms with van der Waals surface area (Å²) in [6.45, 7) is 5.72. The highest BCUT2D eigenvalue weighted by Gasteiger charge is 2.28. The van der Waals surface area contributed by atoms with Crippen LogP contribution in [0.1, 0.15) is 78.9 Å². The maximum atomic E-state index is 12.7. The van der Waals surface area contributed by atoms with Crippen molar-refractivity contribution < 1.29 is 9.59 Å². The van der Waals surface area contributed by atoms with E-state index in [1.54, 1.807) is 6.20 Å². The molecule has 1 aromatic heterocycles. The Morgan fingerprint density at radius 2 is 1.67 bits per heavy atom. The summed E-state index contributed by atoms with van der Waals surface area (Å²) in [7, 11) is 0. The molecule has 2 aromatic carbocycles. The fourth-order valence-electron chi connectivity index (χ4n) is 7.02. The number of piperidine rings is 2. The van der Waals surface area contributed by atoms with Crippen molar-refractivity contribution in [2.75, 3.05) is 41.7 Å². The molecule has 0 bridgehead atoms. The lowest BCUT2D eigenvalue weighted by Gasteiger charge is -2.36. The molecule has 3 fully saturated rings. The van der Waals surface area contributed by atoms with Crippen molar-refractivity contribution in [2.24, 2.45) is 5.73 Å². The molecule has 6 rings (SSSR count). The zero-order valence-electron chi connectivity index (χ0n) is 26.0. The van der Waals surface area contributed by atoms with Crippen LogP contribution in [0.3, 0.4) is 0 Å². The van der Waals surface area contributed by atoms with E-state index < -0.39 is 5.91 Å². The van der Waals surface area contributed by atoms with E-state index in [1.165, 1.54) is 57.2 Å². The smallest absolute Gasteiger partial charge is 0.319 e. The van der Waals surface area contributed by atoms with E-state index in [4.69, 9.17) is 10.7 Å². The topological polar surface area (TPSA) is 129 Å². The van der Waals surface area contributed by atoms with Crippen molar-refractivity contribution in [2.45, 2.75) is 76.3 Å². The Morgan fingerprint density at radius 1 is 0.911 bits per heavy atom. The normalized spacial score (nSPS) is 19.5. The Balaban J connectivity index is 0.00000400. The summed E-state index contributed by atoms with van der Waals surface area (Å²) in [5.74, 6) is 0.905. The summed E-state index contributed by atoms with van der Waals surface area (Å²) in [5.41, 5.74) is 9.80. The van der Waals surface area contributed by atoms with Crippen molar-refractivity contribution in [3.63, 3.8) is 0 Å². The number of halogens is 1. The summed E-state index contributed by atoms with van der Waals surface area (Å²) in [6, 6.07) is 16.7. The van der Waals surface area contributed by atoms with E-state index >= 15 is 0 Å². The van der Waals surface area contributed by atoms with Crippen LogP contribution in [0.2, 0.25) is 0 Å². The van der Waals surface area contributed by atoms with Crippen molar-refractivity contribution in [3.05, 3.63) is 71.5 Å². The molecule has 0 spiro atoms. The van der Waals surface area contributed by atoms with E-state index in [-0.39, 0.29) is 30.2 Å². The highest BCUT2D eigenvalue weighted by molar-refractivity contribution is 5.96.